The van der Waals surface area contributed by atoms with Gasteiger partial charge in [0.15, 0.2) is 25.0 Å². The van der Waals surface area contributed by atoms with Crippen LogP contribution in [0.1, 0.15) is 121 Å². The largest absolute Gasteiger partial charge is 0.457 e. The van der Waals surface area contributed by atoms with Gasteiger partial charge < -0.3 is 27.5 Å². The third-order valence-electron chi connectivity index (χ3n) is 13.3. The number of esters is 1. The first-order valence-electron chi connectivity index (χ1n) is 21.1. The number of halogens is 1. The Balaban J connectivity index is 2.33. The Hall–Kier alpha value is -0.129. The molecule has 0 spiro atoms. The Kier molecular flexibility index (Phi) is 19.4. The third kappa shape index (κ3) is 16.1. The van der Waals surface area contributed by atoms with Gasteiger partial charge in [-0.15, -0.1) is 6.58 Å². The number of hydrogen-bond donors (Lipinski definition) is 0. The summed E-state index contributed by atoms with van der Waals surface area (Å²) in [6, 6.07) is 0. The van der Waals surface area contributed by atoms with Gasteiger partial charge in [-0.1, -0.05) is 117 Å². The van der Waals surface area contributed by atoms with Gasteiger partial charge in [0.2, 0.25) is 0 Å². The molecule has 2 rings (SSSR count). The predicted octanol–water partition coefficient (Wildman–Crippen LogP) is 12.9. The molecule has 0 saturated carbocycles. The maximum absolute atomic E-state index is 13.7. The molecule has 55 heavy (non-hydrogen) atoms. The summed E-state index contributed by atoms with van der Waals surface area (Å²) in [7, 11) is -6.29. The molecule has 0 radical (unpaired) electrons. The number of hydrogen-bond acceptors (Lipinski definition) is 7. The van der Waals surface area contributed by atoms with Crippen molar-refractivity contribution in [2.24, 2.45) is 11.8 Å². The molecule has 0 amide bonds. The van der Waals surface area contributed by atoms with Gasteiger partial charge in [0.1, 0.15) is 6.10 Å². The van der Waals surface area contributed by atoms with Gasteiger partial charge in [0, 0.05) is 18.6 Å². The standard InChI is InChI=1S/C44H83IO7Si3/c1-19-32(2)26-35-29-36(51-54(15,16)43(7,8)9)28-34(48-35)22-20-24-41(46)49-37(31-47-53(13,14)42(4,5)6)30-40(52-55(17,18)44(10,11)12)39-27-33(3)38(50-39)23-21-25-45/h19-21,24-25,32-40H,1,22-23,26-31H2,2-18H3/b24-20+,25-21-/t32-,33-,34-,35+,36+,37-,38-,39-,40-/m0/s1. The summed E-state index contributed by atoms with van der Waals surface area (Å²) < 4.78 is 42.6. The molecule has 2 heterocycles. The monoisotopic (exact) mass is 934 g/mol. The molecule has 0 bridgehead atoms. The molecule has 0 N–H and O–H groups in total. The van der Waals surface area contributed by atoms with Gasteiger partial charge >= 0.3 is 5.97 Å². The normalized spacial score (nSPS) is 26.7. The maximum atomic E-state index is 13.7. The average molecular weight is 935 g/mol. The molecular formula is C44H83IO7Si3. The van der Waals surface area contributed by atoms with E-state index in [1.165, 1.54) is 0 Å². The smallest absolute Gasteiger partial charge is 0.330 e. The molecule has 0 aliphatic carbocycles. The van der Waals surface area contributed by atoms with Crippen molar-refractivity contribution in [2.75, 3.05) is 6.61 Å². The second-order valence-electron chi connectivity index (χ2n) is 21.2. The number of ether oxygens (including phenoxy) is 3. The Morgan fingerprint density at radius 3 is 1.96 bits per heavy atom. The Bertz CT molecular complexity index is 1260. The van der Waals surface area contributed by atoms with Gasteiger partial charge in [0.25, 0.3) is 0 Å². The van der Waals surface area contributed by atoms with Gasteiger partial charge in [-0.05, 0) is 109 Å². The summed E-state index contributed by atoms with van der Waals surface area (Å²) in [6.07, 6.45) is 12.8. The summed E-state index contributed by atoms with van der Waals surface area (Å²) >= 11 is 2.28. The summed E-state index contributed by atoms with van der Waals surface area (Å²) in [4.78, 5) is 13.7. The van der Waals surface area contributed by atoms with Crippen LogP contribution in [0.4, 0.5) is 0 Å². The minimum atomic E-state index is -2.20. The lowest BCUT2D eigenvalue weighted by molar-refractivity contribution is -0.147. The van der Waals surface area contributed by atoms with E-state index in [9.17, 15) is 4.79 Å². The molecular weight excluding hydrogens is 852 g/mol. The van der Waals surface area contributed by atoms with Crippen LogP contribution in [0.15, 0.2) is 35.0 Å². The van der Waals surface area contributed by atoms with Crippen molar-refractivity contribution in [3.8, 4) is 0 Å². The minimum absolute atomic E-state index is 0.0179. The molecule has 11 heteroatoms. The highest BCUT2D eigenvalue weighted by molar-refractivity contribution is 14.1. The SMILES string of the molecule is C=C[C@H](C)C[C@@H]1C[C@H](O[Si](C)(C)C(C)(C)C)C[C@H](C/C=C/C(=O)O[C@H](CO[Si](C)(C)C(C)(C)C)C[C@H](O[Si](C)(C)C(C)(C)C)[C@@H]2C[C@H](C)[C@H](C/C=C\I)O2)O1. The lowest BCUT2D eigenvalue weighted by Gasteiger charge is -2.43. The van der Waals surface area contributed by atoms with Crippen molar-refractivity contribution < 1.29 is 32.3 Å². The highest BCUT2D eigenvalue weighted by Gasteiger charge is 2.46. The second kappa shape index (κ2) is 20.9. The van der Waals surface area contributed by atoms with Gasteiger partial charge in [-0.25, -0.2) is 4.79 Å². The van der Waals surface area contributed by atoms with Crippen LogP contribution in [0.3, 0.4) is 0 Å². The summed E-state index contributed by atoms with van der Waals surface area (Å²) in [5.74, 6) is 0.403. The molecule has 0 aromatic heterocycles. The van der Waals surface area contributed by atoms with Gasteiger partial charge in [0.05, 0.1) is 37.1 Å². The summed E-state index contributed by atoms with van der Waals surface area (Å²) in [5, 5.41) is 0.170. The zero-order chi connectivity index (χ0) is 42.2. The van der Waals surface area contributed by atoms with Crippen molar-refractivity contribution in [2.45, 2.75) is 218 Å². The lowest BCUT2D eigenvalue weighted by atomic mass is 9.93. The Morgan fingerprint density at radius 1 is 0.836 bits per heavy atom. The number of allylic oxidation sites excluding steroid dienone is 1. The van der Waals surface area contributed by atoms with E-state index in [-0.39, 0.29) is 57.7 Å². The first-order valence-corrected chi connectivity index (χ1v) is 31.0. The number of carbonyl (C=O) groups is 1. The van der Waals surface area contributed by atoms with E-state index in [1.54, 1.807) is 6.08 Å². The zero-order valence-electron chi connectivity index (χ0n) is 38.2. The second-order valence-corrected chi connectivity index (χ2v) is 36.3. The van der Waals surface area contributed by atoms with Crippen LogP contribution in [0.25, 0.3) is 0 Å². The lowest BCUT2D eigenvalue weighted by Crippen LogP contribution is -2.49. The van der Waals surface area contributed by atoms with Crippen LogP contribution in [-0.4, -0.2) is 80.3 Å². The van der Waals surface area contributed by atoms with Crippen LogP contribution in [0.5, 0.6) is 0 Å². The third-order valence-corrected chi connectivity index (χ3v) is 27.4. The van der Waals surface area contributed by atoms with E-state index in [1.807, 2.05) is 12.2 Å². The van der Waals surface area contributed by atoms with E-state index >= 15 is 0 Å². The van der Waals surface area contributed by atoms with E-state index in [0.29, 0.717) is 31.3 Å². The van der Waals surface area contributed by atoms with Gasteiger partial charge in [-0.2, -0.15) is 0 Å². The molecule has 320 valence electrons. The van der Waals surface area contributed by atoms with Crippen molar-refractivity contribution in [1.29, 1.82) is 0 Å². The van der Waals surface area contributed by atoms with E-state index in [4.69, 9.17) is 27.5 Å². The van der Waals surface area contributed by atoms with Crippen molar-refractivity contribution in [3.05, 3.63) is 35.0 Å². The van der Waals surface area contributed by atoms with E-state index in [2.05, 4.69) is 155 Å². The Labute approximate surface area is 355 Å². The zero-order valence-corrected chi connectivity index (χ0v) is 43.3. The van der Waals surface area contributed by atoms with Crippen molar-refractivity contribution in [1.82, 2.24) is 0 Å². The highest BCUT2D eigenvalue weighted by atomic mass is 127. The topological polar surface area (TPSA) is 72.5 Å². The first kappa shape index (κ1) is 51.0. The molecule has 2 aliphatic heterocycles. The fourth-order valence-electron chi connectivity index (χ4n) is 6.49. The fourth-order valence-corrected chi connectivity index (χ4v) is 10.6. The van der Waals surface area contributed by atoms with Crippen molar-refractivity contribution >= 4 is 53.5 Å². The molecule has 7 nitrogen and oxygen atoms in total. The van der Waals surface area contributed by atoms with E-state index in [0.717, 1.165) is 32.1 Å². The molecule has 0 aromatic rings. The van der Waals surface area contributed by atoms with Crippen LogP contribution < -0.4 is 0 Å². The molecule has 0 unspecified atom stereocenters. The molecule has 9 atom stereocenters. The quantitative estimate of drug-likeness (QED) is 0.0420. The fraction of sp³-hybridized carbons (Fsp3) is 0.841. The van der Waals surface area contributed by atoms with Crippen LogP contribution >= 0.6 is 22.6 Å². The predicted molar refractivity (Wildman–Crippen MR) is 248 cm³/mol. The molecule has 0 aromatic carbocycles. The minimum Gasteiger partial charge on any atom is -0.457 e. The van der Waals surface area contributed by atoms with Crippen molar-refractivity contribution in [3.63, 3.8) is 0 Å². The average Bonchev–Trinajstić information content (AvgIpc) is 3.40. The molecule has 2 aliphatic rings. The summed E-state index contributed by atoms with van der Waals surface area (Å²) in [5.41, 5.74) is 0. The Morgan fingerprint density at radius 2 is 1.42 bits per heavy atom. The number of rotatable bonds is 19. The highest BCUT2D eigenvalue weighted by Crippen LogP contribution is 2.43. The van der Waals surface area contributed by atoms with E-state index < -0.39 is 31.1 Å². The summed E-state index contributed by atoms with van der Waals surface area (Å²) in [6.45, 7) is 42.9. The van der Waals surface area contributed by atoms with Gasteiger partial charge in [-0.3, -0.25) is 0 Å². The maximum Gasteiger partial charge on any atom is 0.330 e. The number of carbonyl (C=O) groups excluding carboxylic acids is 1. The molecule has 2 saturated heterocycles. The van der Waals surface area contributed by atoms with Crippen LogP contribution in [-0.2, 0) is 32.3 Å². The van der Waals surface area contributed by atoms with Crippen LogP contribution in [0.2, 0.25) is 54.4 Å². The van der Waals surface area contributed by atoms with Crippen LogP contribution in [0, 0.1) is 11.8 Å². The first-order chi connectivity index (χ1) is 25.0. The molecule has 2 fully saturated rings.